The number of nitrogens with zero attached hydrogens (tertiary/aromatic N) is 1. The quantitative estimate of drug-likeness (QED) is 0.777. The Morgan fingerprint density at radius 1 is 1.48 bits per heavy atom. The van der Waals surface area contributed by atoms with Gasteiger partial charge < -0.3 is 16.4 Å². The van der Waals surface area contributed by atoms with Crippen molar-refractivity contribution < 1.29 is 4.79 Å². The molecule has 21 heavy (non-hydrogen) atoms. The third-order valence-electron chi connectivity index (χ3n) is 2.89. The van der Waals surface area contributed by atoms with Gasteiger partial charge in [-0.05, 0) is 11.6 Å². The van der Waals surface area contributed by atoms with Crippen molar-refractivity contribution in [3.63, 3.8) is 0 Å². The molecule has 0 aliphatic heterocycles. The molecule has 2 rings (SSSR count). The molecule has 0 bridgehead atoms. The summed E-state index contributed by atoms with van der Waals surface area (Å²) in [7, 11) is 1.53. The molecule has 2 aromatic rings. The first-order valence-corrected chi connectivity index (χ1v) is 7.71. The lowest BCUT2D eigenvalue weighted by molar-refractivity contribution is 0.0968. The largest absolute Gasteiger partial charge is 0.396 e. The number of hydrogen-bond acceptors (Lipinski definition) is 5. The SMILES string of the molecule is CNC(=O)c1sc(NCc2ccccc2Br)c(C#N)c1N. The minimum Gasteiger partial charge on any atom is -0.396 e. The zero-order chi connectivity index (χ0) is 15.4. The molecule has 108 valence electrons. The average Bonchev–Trinajstić information content (AvgIpc) is 2.81. The van der Waals surface area contributed by atoms with Crippen LogP contribution in [0.2, 0.25) is 0 Å². The molecule has 1 heterocycles. The van der Waals surface area contributed by atoms with E-state index in [0.717, 1.165) is 10.0 Å². The highest BCUT2D eigenvalue weighted by Crippen LogP contribution is 2.35. The number of halogens is 1. The van der Waals surface area contributed by atoms with E-state index >= 15 is 0 Å². The molecule has 0 fully saturated rings. The first-order valence-electron chi connectivity index (χ1n) is 6.10. The highest BCUT2D eigenvalue weighted by atomic mass is 79.9. The number of nitriles is 1. The number of nitrogens with one attached hydrogen (secondary N) is 2. The van der Waals surface area contributed by atoms with Gasteiger partial charge in [0.25, 0.3) is 5.91 Å². The fourth-order valence-electron chi connectivity index (χ4n) is 1.78. The second-order valence-corrected chi connectivity index (χ2v) is 6.06. The number of thiophene rings is 1. The molecule has 1 aromatic heterocycles. The number of benzene rings is 1. The van der Waals surface area contributed by atoms with E-state index in [9.17, 15) is 10.1 Å². The Morgan fingerprint density at radius 2 is 2.19 bits per heavy atom. The van der Waals surface area contributed by atoms with Crippen LogP contribution in [0.4, 0.5) is 10.7 Å². The van der Waals surface area contributed by atoms with Crippen molar-refractivity contribution >= 4 is 43.9 Å². The third kappa shape index (κ3) is 3.17. The number of nitrogen functional groups attached to an aromatic ring is 1. The maximum atomic E-state index is 11.7. The third-order valence-corrected chi connectivity index (χ3v) is 4.82. The standard InChI is InChI=1S/C14H13BrN4OS/c1-18-13(20)12-11(17)9(6-16)14(21-12)19-7-8-4-2-3-5-10(8)15/h2-5,19H,7,17H2,1H3,(H,18,20). The lowest BCUT2D eigenvalue weighted by atomic mass is 10.2. The summed E-state index contributed by atoms with van der Waals surface area (Å²) >= 11 is 4.65. The second-order valence-electron chi connectivity index (χ2n) is 4.18. The first kappa shape index (κ1) is 15.4. The van der Waals surface area contributed by atoms with E-state index < -0.39 is 0 Å². The Bertz CT molecular complexity index is 720. The smallest absolute Gasteiger partial charge is 0.263 e. The van der Waals surface area contributed by atoms with E-state index in [1.807, 2.05) is 30.3 Å². The maximum Gasteiger partial charge on any atom is 0.263 e. The summed E-state index contributed by atoms with van der Waals surface area (Å²) in [4.78, 5) is 12.1. The zero-order valence-corrected chi connectivity index (χ0v) is 13.6. The fourth-order valence-corrected chi connectivity index (χ4v) is 3.22. The Hall–Kier alpha value is -2.04. The second kappa shape index (κ2) is 6.61. The summed E-state index contributed by atoms with van der Waals surface area (Å²) in [5, 5.41) is 15.5. The van der Waals surface area contributed by atoms with Gasteiger partial charge in [-0.15, -0.1) is 11.3 Å². The predicted octanol–water partition coefficient (Wildman–Crippen LogP) is 2.94. The topological polar surface area (TPSA) is 90.9 Å². The van der Waals surface area contributed by atoms with Crippen LogP contribution in [0.5, 0.6) is 0 Å². The molecular weight excluding hydrogens is 352 g/mol. The van der Waals surface area contributed by atoms with Crippen LogP contribution in [0, 0.1) is 11.3 Å². The van der Waals surface area contributed by atoms with Gasteiger partial charge in [0, 0.05) is 18.1 Å². The van der Waals surface area contributed by atoms with Gasteiger partial charge in [0.2, 0.25) is 0 Å². The fraction of sp³-hybridized carbons (Fsp3) is 0.143. The van der Waals surface area contributed by atoms with Gasteiger partial charge in [-0.3, -0.25) is 4.79 Å². The van der Waals surface area contributed by atoms with Gasteiger partial charge >= 0.3 is 0 Å². The average molecular weight is 365 g/mol. The van der Waals surface area contributed by atoms with E-state index in [1.54, 1.807) is 0 Å². The molecule has 0 saturated heterocycles. The summed E-state index contributed by atoms with van der Waals surface area (Å²) < 4.78 is 0.979. The van der Waals surface area contributed by atoms with E-state index in [2.05, 4.69) is 26.6 Å². The number of nitrogens with two attached hydrogens (primary N) is 1. The number of amides is 1. The molecule has 4 N–H and O–H groups in total. The van der Waals surface area contributed by atoms with E-state index in [-0.39, 0.29) is 11.6 Å². The van der Waals surface area contributed by atoms with Crippen LogP contribution < -0.4 is 16.4 Å². The summed E-state index contributed by atoms with van der Waals surface area (Å²) in [5.74, 6) is -0.289. The van der Waals surface area contributed by atoms with Gasteiger partial charge in [0.05, 0.1) is 5.69 Å². The van der Waals surface area contributed by atoms with Crippen LogP contribution in [0.1, 0.15) is 20.8 Å². The molecule has 0 aliphatic carbocycles. The van der Waals surface area contributed by atoms with Crippen LogP contribution in [0.25, 0.3) is 0 Å². The van der Waals surface area contributed by atoms with Crippen molar-refractivity contribution in [2.45, 2.75) is 6.54 Å². The van der Waals surface area contributed by atoms with Gasteiger partial charge in [0.15, 0.2) is 0 Å². The highest BCUT2D eigenvalue weighted by Gasteiger charge is 2.20. The monoisotopic (exact) mass is 364 g/mol. The molecule has 0 radical (unpaired) electrons. The maximum absolute atomic E-state index is 11.7. The Kier molecular flexibility index (Phi) is 4.83. The molecular formula is C14H13BrN4OS. The summed E-state index contributed by atoms with van der Waals surface area (Å²) in [6.07, 6.45) is 0. The summed E-state index contributed by atoms with van der Waals surface area (Å²) in [5.41, 5.74) is 7.45. The van der Waals surface area contributed by atoms with Crippen molar-refractivity contribution in [1.29, 1.82) is 5.26 Å². The van der Waals surface area contributed by atoms with Crippen molar-refractivity contribution in [1.82, 2.24) is 5.32 Å². The molecule has 0 spiro atoms. The zero-order valence-electron chi connectivity index (χ0n) is 11.2. The van der Waals surface area contributed by atoms with E-state index in [1.165, 1.54) is 18.4 Å². The van der Waals surface area contributed by atoms with Crippen molar-refractivity contribution in [3.05, 3.63) is 44.7 Å². The molecule has 0 unspecified atom stereocenters. The highest BCUT2D eigenvalue weighted by molar-refractivity contribution is 9.10. The van der Waals surface area contributed by atoms with Crippen molar-refractivity contribution in [2.24, 2.45) is 0 Å². The Labute approximate surface area is 134 Å². The number of anilines is 2. The minimum absolute atomic E-state index is 0.219. The Morgan fingerprint density at radius 3 is 2.81 bits per heavy atom. The first-order chi connectivity index (χ1) is 10.1. The van der Waals surface area contributed by atoms with Gasteiger partial charge in [-0.1, -0.05) is 34.1 Å². The molecule has 0 atom stereocenters. The molecule has 5 nitrogen and oxygen atoms in total. The van der Waals surface area contributed by atoms with Gasteiger partial charge in [0.1, 0.15) is 21.5 Å². The van der Waals surface area contributed by atoms with Crippen molar-refractivity contribution in [2.75, 3.05) is 18.1 Å². The van der Waals surface area contributed by atoms with Crippen LogP contribution >= 0.6 is 27.3 Å². The predicted molar refractivity (Wildman–Crippen MR) is 88.3 cm³/mol. The number of carbonyl (C=O) groups is 1. The van der Waals surface area contributed by atoms with Crippen LogP contribution in [0.15, 0.2) is 28.7 Å². The number of rotatable bonds is 4. The normalized spacial score (nSPS) is 9.95. The van der Waals surface area contributed by atoms with Gasteiger partial charge in [-0.25, -0.2) is 0 Å². The summed E-state index contributed by atoms with van der Waals surface area (Å²) in [6, 6.07) is 9.83. The molecule has 0 aliphatic rings. The Balaban J connectivity index is 2.27. The van der Waals surface area contributed by atoms with Crippen LogP contribution in [-0.4, -0.2) is 13.0 Å². The molecule has 1 aromatic carbocycles. The molecule has 0 saturated carbocycles. The number of hydrogen-bond donors (Lipinski definition) is 3. The van der Waals surface area contributed by atoms with Crippen LogP contribution in [-0.2, 0) is 6.54 Å². The van der Waals surface area contributed by atoms with Crippen molar-refractivity contribution in [3.8, 4) is 6.07 Å². The number of carbonyl (C=O) groups excluding carboxylic acids is 1. The van der Waals surface area contributed by atoms with E-state index in [0.29, 0.717) is 22.0 Å². The molecule has 1 amide bonds. The minimum atomic E-state index is -0.289. The molecule has 7 heteroatoms. The van der Waals surface area contributed by atoms with Gasteiger partial charge in [-0.2, -0.15) is 5.26 Å². The van der Waals surface area contributed by atoms with E-state index in [4.69, 9.17) is 5.73 Å². The lowest BCUT2D eigenvalue weighted by Crippen LogP contribution is -2.17. The summed E-state index contributed by atoms with van der Waals surface area (Å²) in [6.45, 7) is 0.531. The van der Waals surface area contributed by atoms with Crippen LogP contribution in [0.3, 0.4) is 0 Å². The lowest BCUT2D eigenvalue weighted by Gasteiger charge is -2.06.